The Hall–Kier alpha value is -3.62. The van der Waals surface area contributed by atoms with Gasteiger partial charge in [-0.25, -0.2) is 19.1 Å². The van der Waals surface area contributed by atoms with Crippen LogP contribution in [-0.2, 0) is 31.1 Å². The van der Waals surface area contributed by atoms with Gasteiger partial charge in [0, 0.05) is 0 Å². The number of aryl methyl sites for hydroxylation is 1. The number of aromatic nitrogens is 3. The van der Waals surface area contributed by atoms with Gasteiger partial charge < -0.3 is 28.8 Å². The van der Waals surface area contributed by atoms with E-state index in [1.54, 1.807) is 6.92 Å². The van der Waals surface area contributed by atoms with E-state index in [4.69, 9.17) is 18.6 Å². The number of nitrogens with zero attached hydrogens (tertiary/aromatic N) is 3. The standard InChI is InChI=1S/C28H29N3O9S/c1-14-19-24(33)31(28(2,3)26(34)35)27(36)30(25(19)41-22(14)23-29-9-10-37-23)11-17(15-7-5-4-6-8-15)40-18-13-39-20-16(32)12-38-21(18)20/h4-10,16-18,20-21,32H,11-13H2,1-3H3,(H,34,35)/t16-,17?,18-,20?,21?/m0/s1. The Balaban J connectivity index is 1.53. The summed E-state index contributed by atoms with van der Waals surface area (Å²) in [5.41, 5.74) is -2.06. The average Bonchev–Trinajstić information content (AvgIpc) is 3.73. The van der Waals surface area contributed by atoms with Crippen molar-refractivity contribution in [3.05, 3.63) is 74.8 Å². The highest BCUT2D eigenvalue weighted by atomic mass is 32.1. The van der Waals surface area contributed by atoms with E-state index >= 15 is 0 Å². The summed E-state index contributed by atoms with van der Waals surface area (Å²) in [6.45, 7) is 4.63. The van der Waals surface area contributed by atoms with Crippen molar-refractivity contribution in [1.29, 1.82) is 0 Å². The molecule has 2 aliphatic rings. The van der Waals surface area contributed by atoms with Gasteiger partial charge in [0.1, 0.15) is 47.2 Å². The summed E-state index contributed by atoms with van der Waals surface area (Å²) in [6, 6.07) is 9.27. The first kappa shape index (κ1) is 27.5. The van der Waals surface area contributed by atoms with Gasteiger partial charge in [0.25, 0.3) is 5.56 Å². The van der Waals surface area contributed by atoms with Crippen molar-refractivity contribution >= 4 is 27.5 Å². The number of carboxylic acids is 1. The monoisotopic (exact) mass is 583 g/mol. The average molecular weight is 584 g/mol. The Labute approximate surface area is 237 Å². The molecule has 2 aliphatic heterocycles. The Bertz CT molecular complexity index is 1710. The van der Waals surface area contributed by atoms with Crippen molar-refractivity contribution in [3.8, 4) is 10.8 Å². The van der Waals surface area contributed by atoms with Gasteiger partial charge >= 0.3 is 11.7 Å². The fourth-order valence-electron chi connectivity index (χ4n) is 5.47. The SMILES string of the molecule is Cc1c(-c2ncco2)sc2c1c(=O)n(C(C)(C)C(=O)O)c(=O)n2CC(O[C@H]1COC2C1OC[C@@H]2O)c1ccccc1. The molecular weight excluding hydrogens is 554 g/mol. The fraction of sp³-hybridized carbons (Fsp3) is 0.429. The maximum atomic E-state index is 14.1. The lowest BCUT2D eigenvalue weighted by Gasteiger charge is -2.27. The number of ether oxygens (including phenoxy) is 3. The van der Waals surface area contributed by atoms with Crippen LogP contribution in [0.3, 0.4) is 0 Å². The van der Waals surface area contributed by atoms with Crippen molar-refractivity contribution < 1.29 is 33.6 Å². The number of thiophene rings is 1. The molecule has 0 bridgehead atoms. The first-order valence-corrected chi connectivity index (χ1v) is 14.0. The van der Waals surface area contributed by atoms with E-state index in [0.29, 0.717) is 15.3 Å². The molecule has 0 radical (unpaired) electrons. The van der Waals surface area contributed by atoms with Gasteiger partial charge in [-0.15, -0.1) is 11.3 Å². The summed E-state index contributed by atoms with van der Waals surface area (Å²) < 4.78 is 25.7. The van der Waals surface area contributed by atoms with E-state index in [1.165, 1.54) is 42.2 Å². The molecule has 13 heteroatoms. The molecule has 12 nitrogen and oxygen atoms in total. The van der Waals surface area contributed by atoms with Crippen molar-refractivity contribution in [2.24, 2.45) is 0 Å². The van der Waals surface area contributed by atoms with Gasteiger partial charge in [0.15, 0.2) is 0 Å². The molecule has 0 saturated carbocycles. The smallest absolute Gasteiger partial charge is 0.333 e. The highest BCUT2D eigenvalue weighted by molar-refractivity contribution is 7.22. The maximum absolute atomic E-state index is 14.1. The van der Waals surface area contributed by atoms with E-state index in [9.17, 15) is 24.6 Å². The molecule has 0 spiro atoms. The minimum atomic E-state index is -1.84. The number of carbonyl (C=O) groups is 1. The Kier molecular flexibility index (Phi) is 6.94. The predicted octanol–water partition coefficient (Wildman–Crippen LogP) is 2.29. The molecule has 216 valence electrons. The molecule has 4 aromatic rings. The zero-order valence-electron chi connectivity index (χ0n) is 22.6. The zero-order chi connectivity index (χ0) is 29.1. The summed E-state index contributed by atoms with van der Waals surface area (Å²) in [5.74, 6) is -1.04. The van der Waals surface area contributed by atoms with E-state index in [2.05, 4.69) is 4.98 Å². The van der Waals surface area contributed by atoms with Crippen LogP contribution in [0.15, 0.2) is 56.8 Å². The number of hydrogen-bond donors (Lipinski definition) is 2. The van der Waals surface area contributed by atoms with Gasteiger partial charge in [-0.1, -0.05) is 30.3 Å². The molecule has 1 aromatic carbocycles. The number of aliphatic carboxylic acids is 1. The lowest BCUT2D eigenvalue weighted by Crippen LogP contribution is -2.52. The second kappa shape index (κ2) is 10.3. The normalized spacial score (nSPS) is 23.2. The zero-order valence-corrected chi connectivity index (χ0v) is 23.4. The molecule has 0 aliphatic carbocycles. The second-order valence-corrected chi connectivity index (χ2v) is 11.7. The molecular formula is C28H29N3O9S. The molecule has 6 rings (SSSR count). The largest absolute Gasteiger partial charge is 0.480 e. The van der Waals surface area contributed by atoms with Crippen molar-refractivity contribution in [2.45, 2.75) is 63.4 Å². The third-order valence-electron chi connectivity index (χ3n) is 7.76. The molecule has 5 heterocycles. The third kappa shape index (κ3) is 4.53. The first-order chi connectivity index (χ1) is 19.6. The van der Waals surface area contributed by atoms with E-state index in [-0.39, 0.29) is 31.0 Å². The molecule has 41 heavy (non-hydrogen) atoms. The summed E-state index contributed by atoms with van der Waals surface area (Å²) >= 11 is 1.17. The number of rotatable bonds is 8. The number of hydrogen-bond acceptors (Lipinski definition) is 10. The highest BCUT2D eigenvalue weighted by Gasteiger charge is 2.48. The lowest BCUT2D eigenvalue weighted by atomic mass is 10.1. The molecule has 3 unspecified atom stereocenters. The Morgan fingerprint density at radius 1 is 1.20 bits per heavy atom. The van der Waals surface area contributed by atoms with Crippen molar-refractivity contribution in [1.82, 2.24) is 14.1 Å². The molecule has 2 saturated heterocycles. The van der Waals surface area contributed by atoms with Crippen LogP contribution in [0.25, 0.3) is 21.0 Å². The van der Waals surface area contributed by atoms with Crippen LogP contribution in [0.1, 0.15) is 31.1 Å². The van der Waals surface area contributed by atoms with Gasteiger partial charge in [-0.2, -0.15) is 0 Å². The van der Waals surface area contributed by atoms with Crippen LogP contribution in [0.4, 0.5) is 0 Å². The Morgan fingerprint density at radius 2 is 1.93 bits per heavy atom. The Morgan fingerprint density at radius 3 is 2.61 bits per heavy atom. The number of oxazole rings is 1. The van der Waals surface area contributed by atoms with E-state index in [0.717, 1.165) is 10.1 Å². The molecule has 5 atom stereocenters. The summed E-state index contributed by atoms with van der Waals surface area (Å²) in [5, 5.41) is 20.4. The number of carboxylic acid groups (broad SMARTS) is 1. The van der Waals surface area contributed by atoms with Crippen LogP contribution >= 0.6 is 11.3 Å². The highest BCUT2D eigenvalue weighted by Crippen LogP contribution is 2.37. The van der Waals surface area contributed by atoms with Gasteiger partial charge in [-0.3, -0.25) is 9.36 Å². The van der Waals surface area contributed by atoms with E-state index in [1.807, 2.05) is 30.3 Å². The summed E-state index contributed by atoms with van der Waals surface area (Å²) in [7, 11) is 0. The number of benzene rings is 1. The molecule has 3 aromatic heterocycles. The quantitative estimate of drug-likeness (QED) is 0.316. The second-order valence-electron chi connectivity index (χ2n) is 10.7. The molecule has 0 amide bonds. The number of fused-ring (bicyclic) bond motifs is 2. The van der Waals surface area contributed by atoms with Crippen LogP contribution in [0.2, 0.25) is 0 Å². The van der Waals surface area contributed by atoms with Crippen LogP contribution in [-0.4, -0.2) is 67.9 Å². The predicted molar refractivity (Wildman–Crippen MR) is 147 cm³/mol. The lowest BCUT2D eigenvalue weighted by molar-refractivity contribution is -0.146. The molecule has 2 fully saturated rings. The number of aliphatic hydroxyl groups is 1. The third-order valence-corrected chi connectivity index (χ3v) is 9.06. The van der Waals surface area contributed by atoms with Crippen molar-refractivity contribution in [2.75, 3.05) is 13.2 Å². The van der Waals surface area contributed by atoms with Gasteiger partial charge in [0.2, 0.25) is 5.89 Å². The minimum Gasteiger partial charge on any atom is -0.480 e. The minimum absolute atomic E-state index is 0.0449. The summed E-state index contributed by atoms with van der Waals surface area (Å²) in [6.07, 6.45) is -0.0799. The maximum Gasteiger partial charge on any atom is 0.333 e. The molecule has 2 N–H and O–H groups in total. The first-order valence-electron chi connectivity index (χ1n) is 13.1. The van der Waals surface area contributed by atoms with Crippen LogP contribution in [0.5, 0.6) is 0 Å². The summed E-state index contributed by atoms with van der Waals surface area (Å²) in [4.78, 5) is 45.3. The topological polar surface area (TPSA) is 155 Å². The van der Waals surface area contributed by atoms with Crippen LogP contribution < -0.4 is 11.2 Å². The van der Waals surface area contributed by atoms with E-state index < -0.39 is 53.3 Å². The van der Waals surface area contributed by atoms with Gasteiger partial charge in [0.05, 0.1) is 36.2 Å². The van der Waals surface area contributed by atoms with Gasteiger partial charge in [-0.05, 0) is 31.9 Å². The number of aliphatic hydroxyl groups excluding tert-OH is 1. The van der Waals surface area contributed by atoms with Crippen molar-refractivity contribution in [3.63, 3.8) is 0 Å². The fourth-order valence-corrected chi connectivity index (χ4v) is 6.71. The van der Waals surface area contributed by atoms with Crippen LogP contribution in [0, 0.1) is 6.92 Å².